The van der Waals surface area contributed by atoms with Gasteiger partial charge in [0.2, 0.25) is 5.82 Å². The number of nitrogens with zero attached hydrogens (tertiary/aromatic N) is 2. The van der Waals surface area contributed by atoms with Crippen LogP contribution in [0.3, 0.4) is 0 Å². The van der Waals surface area contributed by atoms with E-state index in [1.54, 1.807) is 0 Å². The number of carbonyl (C=O) groups is 1. The number of aromatic carboxylic acids is 1. The first-order valence-electron chi connectivity index (χ1n) is 5.89. The molecule has 108 valence electrons. The molecule has 2 N–H and O–H groups in total. The van der Waals surface area contributed by atoms with Crippen molar-refractivity contribution < 1.29 is 14.8 Å². The van der Waals surface area contributed by atoms with Crippen molar-refractivity contribution >= 4 is 41.0 Å². The van der Waals surface area contributed by atoms with Gasteiger partial charge in [0.25, 0.3) is 0 Å². The van der Waals surface area contributed by atoms with Crippen LogP contribution in [0.1, 0.15) is 10.4 Å². The van der Waals surface area contributed by atoms with Gasteiger partial charge >= 0.3 is 11.7 Å². The van der Waals surface area contributed by atoms with Crippen LogP contribution in [0.5, 0.6) is 0 Å². The molecule has 2 heterocycles. The van der Waals surface area contributed by atoms with Crippen molar-refractivity contribution in [3.05, 3.63) is 27.9 Å². The van der Waals surface area contributed by atoms with Gasteiger partial charge in [0.1, 0.15) is 0 Å². The number of aromatic nitrogens is 1. The molecular weight excluding hydrogens is 302 g/mol. The summed E-state index contributed by atoms with van der Waals surface area (Å²) in [6, 6.07) is 1.03. The van der Waals surface area contributed by atoms with Crippen LogP contribution in [0, 0.1) is 10.1 Å². The highest BCUT2D eigenvalue weighted by atomic mass is 32.2. The third kappa shape index (κ3) is 3.76. The van der Waals surface area contributed by atoms with E-state index >= 15 is 0 Å². The summed E-state index contributed by atoms with van der Waals surface area (Å²) in [5, 5.41) is 23.1. The molecule has 0 radical (unpaired) electrons. The van der Waals surface area contributed by atoms with E-state index in [1.165, 1.54) is 0 Å². The van der Waals surface area contributed by atoms with Crippen molar-refractivity contribution in [3.63, 3.8) is 0 Å². The minimum Gasteiger partial charge on any atom is -0.478 e. The number of thioether (sulfide) groups is 2. The zero-order valence-electron chi connectivity index (χ0n) is 10.4. The number of anilines is 1. The molecule has 2 rings (SSSR count). The normalized spacial score (nSPS) is 18.5. The van der Waals surface area contributed by atoms with Gasteiger partial charge in [0.15, 0.2) is 0 Å². The number of nitro groups is 1. The Morgan fingerprint density at radius 3 is 3.00 bits per heavy atom. The van der Waals surface area contributed by atoms with Gasteiger partial charge in [0, 0.05) is 41.3 Å². The second kappa shape index (κ2) is 6.80. The number of hydrogen-bond donors (Lipinski definition) is 2. The molecule has 1 atom stereocenters. The van der Waals surface area contributed by atoms with E-state index < -0.39 is 10.9 Å². The standard InChI is InChI=1S/C11H13N3O4S2/c15-11(16)7-3-9(14(17)18)10(12-4-7)13-5-8-6-19-1-2-20-8/h3-4,8H,1-2,5-6H2,(H,12,13)(H,15,16). The highest BCUT2D eigenvalue weighted by molar-refractivity contribution is 8.06. The molecule has 1 aromatic heterocycles. The van der Waals surface area contributed by atoms with Crippen LogP contribution in [0.2, 0.25) is 0 Å². The maximum absolute atomic E-state index is 11.0. The van der Waals surface area contributed by atoms with E-state index in [2.05, 4.69) is 10.3 Å². The number of rotatable bonds is 5. The molecule has 1 aromatic rings. The average Bonchev–Trinajstić information content (AvgIpc) is 2.45. The molecule has 1 aliphatic rings. The number of pyridine rings is 1. The van der Waals surface area contributed by atoms with E-state index in [9.17, 15) is 14.9 Å². The average molecular weight is 315 g/mol. The van der Waals surface area contributed by atoms with Gasteiger partial charge in [-0.1, -0.05) is 0 Å². The van der Waals surface area contributed by atoms with Crippen LogP contribution < -0.4 is 5.32 Å². The fourth-order valence-electron chi connectivity index (χ4n) is 1.71. The van der Waals surface area contributed by atoms with Crippen LogP contribution in [0.25, 0.3) is 0 Å². The van der Waals surface area contributed by atoms with Crippen molar-refractivity contribution in [2.45, 2.75) is 5.25 Å². The van der Waals surface area contributed by atoms with Crippen molar-refractivity contribution in [1.29, 1.82) is 0 Å². The summed E-state index contributed by atoms with van der Waals surface area (Å²) in [6.45, 7) is 0.581. The maximum atomic E-state index is 11.0. The molecule has 0 bridgehead atoms. The highest BCUT2D eigenvalue weighted by Crippen LogP contribution is 2.26. The number of carboxylic acid groups (broad SMARTS) is 1. The molecule has 1 saturated heterocycles. The Morgan fingerprint density at radius 1 is 1.60 bits per heavy atom. The van der Waals surface area contributed by atoms with Gasteiger partial charge < -0.3 is 10.4 Å². The van der Waals surface area contributed by atoms with Crippen molar-refractivity contribution in [1.82, 2.24) is 4.98 Å². The van der Waals surface area contributed by atoms with Crippen LogP contribution in [0.4, 0.5) is 11.5 Å². The lowest BCUT2D eigenvalue weighted by atomic mass is 10.2. The van der Waals surface area contributed by atoms with Crippen LogP contribution in [-0.2, 0) is 0 Å². The largest absolute Gasteiger partial charge is 0.478 e. The minimum absolute atomic E-state index is 0.121. The number of carboxylic acids is 1. The molecule has 0 amide bonds. The summed E-state index contributed by atoms with van der Waals surface area (Å²) < 4.78 is 0. The Morgan fingerprint density at radius 2 is 2.40 bits per heavy atom. The van der Waals surface area contributed by atoms with Crippen molar-refractivity contribution in [2.75, 3.05) is 29.1 Å². The molecule has 9 heteroatoms. The molecule has 0 spiro atoms. The first-order valence-corrected chi connectivity index (χ1v) is 8.09. The summed E-state index contributed by atoms with van der Waals surface area (Å²) in [6.07, 6.45) is 1.13. The summed E-state index contributed by atoms with van der Waals surface area (Å²) in [5.41, 5.74) is -0.497. The van der Waals surface area contributed by atoms with Gasteiger partial charge in [-0.25, -0.2) is 9.78 Å². The third-order valence-corrected chi connectivity index (χ3v) is 5.54. The summed E-state index contributed by atoms with van der Waals surface area (Å²) >= 11 is 3.69. The van der Waals surface area contributed by atoms with Gasteiger partial charge in [-0.15, -0.1) is 0 Å². The molecule has 0 aromatic carbocycles. The molecule has 20 heavy (non-hydrogen) atoms. The van der Waals surface area contributed by atoms with Gasteiger partial charge in [-0.3, -0.25) is 10.1 Å². The first kappa shape index (κ1) is 14.9. The van der Waals surface area contributed by atoms with Crippen LogP contribution in [0.15, 0.2) is 12.3 Å². The van der Waals surface area contributed by atoms with E-state index in [4.69, 9.17) is 5.11 Å². The quantitative estimate of drug-likeness (QED) is 0.627. The summed E-state index contributed by atoms with van der Waals surface area (Å²) in [4.78, 5) is 25.0. The first-order chi connectivity index (χ1) is 9.58. The fraction of sp³-hybridized carbons (Fsp3) is 0.455. The molecule has 1 fully saturated rings. The number of hydrogen-bond acceptors (Lipinski definition) is 7. The molecule has 0 aliphatic carbocycles. The highest BCUT2D eigenvalue weighted by Gasteiger charge is 2.20. The smallest absolute Gasteiger partial charge is 0.337 e. The van der Waals surface area contributed by atoms with E-state index in [0.29, 0.717) is 11.8 Å². The second-order valence-electron chi connectivity index (χ2n) is 4.10. The van der Waals surface area contributed by atoms with E-state index in [-0.39, 0.29) is 17.1 Å². The topological polar surface area (TPSA) is 105 Å². The molecule has 1 aliphatic heterocycles. The molecule has 1 unspecified atom stereocenters. The third-order valence-electron chi connectivity index (χ3n) is 2.69. The minimum atomic E-state index is -1.23. The number of nitrogens with one attached hydrogen (secondary N) is 1. The zero-order chi connectivity index (χ0) is 14.5. The molecule has 0 saturated carbocycles. The Hall–Kier alpha value is -1.48. The van der Waals surface area contributed by atoms with Crippen LogP contribution >= 0.6 is 23.5 Å². The second-order valence-corrected chi connectivity index (χ2v) is 6.66. The van der Waals surface area contributed by atoms with Gasteiger partial charge in [-0.2, -0.15) is 23.5 Å². The summed E-state index contributed by atoms with van der Waals surface area (Å²) in [7, 11) is 0. The fourth-order valence-corrected chi connectivity index (χ4v) is 4.32. The lowest BCUT2D eigenvalue weighted by molar-refractivity contribution is -0.384. The van der Waals surface area contributed by atoms with E-state index in [0.717, 1.165) is 29.5 Å². The van der Waals surface area contributed by atoms with Gasteiger partial charge in [-0.05, 0) is 0 Å². The van der Waals surface area contributed by atoms with Crippen molar-refractivity contribution in [2.24, 2.45) is 0 Å². The van der Waals surface area contributed by atoms with Crippen molar-refractivity contribution in [3.8, 4) is 0 Å². The van der Waals surface area contributed by atoms with Gasteiger partial charge in [0.05, 0.1) is 10.5 Å². The molecule has 7 nitrogen and oxygen atoms in total. The predicted octanol–water partition coefficient (Wildman–Crippen LogP) is 1.95. The van der Waals surface area contributed by atoms with Crippen LogP contribution in [-0.4, -0.2) is 50.0 Å². The lowest BCUT2D eigenvalue weighted by Crippen LogP contribution is -2.24. The Bertz CT molecular complexity index is 520. The zero-order valence-corrected chi connectivity index (χ0v) is 12.1. The lowest BCUT2D eigenvalue weighted by Gasteiger charge is -2.21. The Kier molecular flexibility index (Phi) is 5.07. The Labute approximate surface area is 123 Å². The van der Waals surface area contributed by atoms with E-state index in [1.807, 2.05) is 23.5 Å². The molecular formula is C11H13N3O4S2. The monoisotopic (exact) mass is 315 g/mol. The summed E-state index contributed by atoms with van der Waals surface area (Å²) in [5.74, 6) is 2.10. The predicted molar refractivity (Wildman–Crippen MR) is 79.9 cm³/mol. The maximum Gasteiger partial charge on any atom is 0.337 e. The Balaban J connectivity index is 2.09. The SMILES string of the molecule is O=C(O)c1cnc(NCC2CSCCS2)c([N+](=O)[O-])c1.